The van der Waals surface area contributed by atoms with Gasteiger partial charge in [0.2, 0.25) is 0 Å². The molecule has 0 heterocycles. The van der Waals surface area contributed by atoms with Crippen molar-refractivity contribution in [2.45, 2.75) is 12.5 Å². The predicted molar refractivity (Wildman–Crippen MR) is 31.9 cm³/mol. The van der Waals surface area contributed by atoms with Crippen LogP contribution in [0.15, 0.2) is 0 Å². The molecule has 0 rings (SSSR count). The van der Waals surface area contributed by atoms with Crippen molar-refractivity contribution in [3.05, 3.63) is 0 Å². The SMILES string of the molecule is C#CC(C)(C#N)NC. The summed E-state index contributed by atoms with van der Waals surface area (Å²) in [5, 5.41) is 11.0. The number of hydrogen-bond donors (Lipinski definition) is 1. The Bertz CT molecular complexity index is 133. The van der Waals surface area contributed by atoms with Gasteiger partial charge in [0.1, 0.15) is 0 Å². The highest BCUT2D eigenvalue weighted by Crippen LogP contribution is 1.94. The zero-order valence-corrected chi connectivity index (χ0v) is 5.02. The Morgan fingerprint density at radius 1 is 1.75 bits per heavy atom. The molecule has 0 radical (unpaired) electrons. The molecule has 0 aromatic carbocycles. The van der Waals surface area contributed by atoms with Gasteiger partial charge in [-0.25, -0.2) is 0 Å². The van der Waals surface area contributed by atoms with Gasteiger partial charge in [-0.1, -0.05) is 5.92 Å². The average molecular weight is 108 g/mol. The molecule has 1 atom stereocenters. The van der Waals surface area contributed by atoms with E-state index in [1.165, 1.54) is 0 Å². The van der Waals surface area contributed by atoms with Crippen molar-refractivity contribution in [1.82, 2.24) is 5.32 Å². The third kappa shape index (κ3) is 1.26. The minimum Gasteiger partial charge on any atom is -0.293 e. The smallest absolute Gasteiger partial charge is 0.164 e. The molecule has 2 nitrogen and oxygen atoms in total. The van der Waals surface area contributed by atoms with Crippen LogP contribution in [0.4, 0.5) is 0 Å². The molecule has 1 N–H and O–H groups in total. The van der Waals surface area contributed by atoms with Gasteiger partial charge in [0.15, 0.2) is 5.54 Å². The number of nitriles is 1. The van der Waals surface area contributed by atoms with Crippen LogP contribution in [0.2, 0.25) is 0 Å². The summed E-state index contributed by atoms with van der Waals surface area (Å²) >= 11 is 0. The maximum Gasteiger partial charge on any atom is 0.164 e. The zero-order valence-electron chi connectivity index (χ0n) is 5.02. The lowest BCUT2D eigenvalue weighted by atomic mass is 10.1. The molecule has 0 aliphatic rings. The van der Waals surface area contributed by atoms with Crippen LogP contribution in [0.25, 0.3) is 0 Å². The van der Waals surface area contributed by atoms with Crippen LogP contribution in [0.3, 0.4) is 0 Å². The molecule has 0 aromatic rings. The molecule has 0 aliphatic carbocycles. The zero-order chi connectivity index (χ0) is 6.62. The van der Waals surface area contributed by atoms with E-state index in [1.54, 1.807) is 14.0 Å². The second-order valence-electron chi connectivity index (χ2n) is 1.63. The highest BCUT2D eigenvalue weighted by molar-refractivity contribution is 5.22. The molecule has 0 aliphatic heterocycles. The first-order chi connectivity index (χ1) is 3.68. The van der Waals surface area contributed by atoms with Gasteiger partial charge in [-0.3, -0.25) is 5.32 Å². The number of nitrogens with zero attached hydrogens (tertiary/aromatic N) is 1. The fraction of sp³-hybridized carbons (Fsp3) is 0.500. The van der Waals surface area contributed by atoms with Gasteiger partial charge in [-0.05, 0) is 14.0 Å². The maximum absolute atomic E-state index is 8.33. The molecule has 8 heavy (non-hydrogen) atoms. The molecule has 0 aromatic heterocycles. The molecule has 0 saturated heterocycles. The second kappa shape index (κ2) is 2.35. The van der Waals surface area contributed by atoms with Crippen LogP contribution in [-0.4, -0.2) is 12.6 Å². The first-order valence-corrected chi connectivity index (χ1v) is 2.26. The van der Waals surface area contributed by atoms with Gasteiger partial charge >= 0.3 is 0 Å². The van der Waals surface area contributed by atoms with Crippen molar-refractivity contribution in [3.8, 4) is 18.4 Å². The van der Waals surface area contributed by atoms with Crippen molar-refractivity contribution in [3.63, 3.8) is 0 Å². The van der Waals surface area contributed by atoms with E-state index < -0.39 is 5.54 Å². The van der Waals surface area contributed by atoms with Gasteiger partial charge in [0.25, 0.3) is 0 Å². The van der Waals surface area contributed by atoms with Gasteiger partial charge in [0, 0.05) is 0 Å². The first kappa shape index (κ1) is 7.01. The Morgan fingerprint density at radius 3 is 2.25 bits per heavy atom. The molecule has 0 saturated carbocycles. The van der Waals surface area contributed by atoms with Crippen LogP contribution in [-0.2, 0) is 0 Å². The second-order valence-corrected chi connectivity index (χ2v) is 1.63. The maximum atomic E-state index is 8.33. The number of nitrogens with one attached hydrogen (secondary N) is 1. The average Bonchev–Trinajstić information content (AvgIpc) is 1.87. The fourth-order valence-electron chi connectivity index (χ4n) is 0.160. The van der Waals surface area contributed by atoms with E-state index in [-0.39, 0.29) is 0 Å². The summed E-state index contributed by atoms with van der Waals surface area (Å²) in [5.41, 5.74) is -0.792. The summed E-state index contributed by atoms with van der Waals surface area (Å²) in [7, 11) is 1.66. The van der Waals surface area contributed by atoms with E-state index >= 15 is 0 Å². The topological polar surface area (TPSA) is 35.8 Å². The quantitative estimate of drug-likeness (QED) is 0.484. The molecule has 0 amide bonds. The van der Waals surface area contributed by atoms with Crippen molar-refractivity contribution in [2.24, 2.45) is 0 Å². The molecule has 0 fully saturated rings. The molecule has 0 spiro atoms. The third-order valence-electron chi connectivity index (χ3n) is 1.01. The van der Waals surface area contributed by atoms with Gasteiger partial charge in [-0.2, -0.15) is 5.26 Å². The fourth-order valence-corrected chi connectivity index (χ4v) is 0.160. The van der Waals surface area contributed by atoms with Crippen molar-refractivity contribution >= 4 is 0 Å². The van der Waals surface area contributed by atoms with Crippen molar-refractivity contribution < 1.29 is 0 Å². The Balaban J connectivity index is 4.11. The minimum absolute atomic E-state index is 0.792. The standard InChI is InChI=1S/C6H8N2/c1-4-6(2,5-7)8-3/h1,8H,2-3H3. The first-order valence-electron chi connectivity index (χ1n) is 2.26. The number of rotatable bonds is 1. The molecule has 1 unspecified atom stereocenters. The van der Waals surface area contributed by atoms with E-state index in [2.05, 4.69) is 11.2 Å². The summed E-state index contributed by atoms with van der Waals surface area (Å²) in [6.45, 7) is 1.65. The molecule has 2 heteroatoms. The van der Waals surface area contributed by atoms with E-state index in [0.29, 0.717) is 0 Å². The predicted octanol–water partition coefficient (Wildman–Crippen LogP) is 0.121. The van der Waals surface area contributed by atoms with E-state index in [9.17, 15) is 0 Å². The minimum atomic E-state index is -0.792. The van der Waals surface area contributed by atoms with E-state index in [1.807, 2.05) is 6.07 Å². The third-order valence-corrected chi connectivity index (χ3v) is 1.01. The Hall–Kier alpha value is -0.990. The normalized spacial score (nSPS) is 15.5. The van der Waals surface area contributed by atoms with Gasteiger partial charge in [-0.15, -0.1) is 6.42 Å². The highest BCUT2D eigenvalue weighted by Gasteiger charge is 2.15. The summed E-state index contributed by atoms with van der Waals surface area (Å²) < 4.78 is 0. The molecule has 0 bridgehead atoms. The lowest BCUT2D eigenvalue weighted by Crippen LogP contribution is -2.35. The van der Waals surface area contributed by atoms with Crippen molar-refractivity contribution in [2.75, 3.05) is 7.05 Å². The number of hydrogen-bond acceptors (Lipinski definition) is 2. The van der Waals surface area contributed by atoms with Crippen LogP contribution in [0.1, 0.15) is 6.92 Å². The molecular weight excluding hydrogens is 100 g/mol. The highest BCUT2D eigenvalue weighted by atomic mass is 14.9. The largest absolute Gasteiger partial charge is 0.293 e. The lowest BCUT2D eigenvalue weighted by molar-refractivity contribution is 0.623. The van der Waals surface area contributed by atoms with Crippen LogP contribution in [0, 0.1) is 23.7 Å². The molecular formula is C6H8N2. The molecule has 42 valence electrons. The van der Waals surface area contributed by atoms with Crippen LogP contribution < -0.4 is 5.32 Å². The number of terminal acetylenes is 1. The van der Waals surface area contributed by atoms with Crippen LogP contribution in [0.5, 0.6) is 0 Å². The Labute approximate surface area is 49.5 Å². The van der Waals surface area contributed by atoms with Crippen LogP contribution >= 0.6 is 0 Å². The summed E-state index contributed by atoms with van der Waals surface area (Å²) in [6.07, 6.45) is 4.99. The monoisotopic (exact) mass is 108 g/mol. The van der Waals surface area contributed by atoms with E-state index in [0.717, 1.165) is 0 Å². The summed E-state index contributed by atoms with van der Waals surface area (Å²) in [4.78, 5) is 0. The summed E-state index contributed by atoms with van der Waals surface area (Å²) in [6, 6.07) is 1.93. The Kier molecular flexibility index (Phi) is 2.06. The Morgan fingerprint density at radius 2 is 2.25 bits per heavy atom. The van der Waals surface area contributed by atoms with Gasteiger partial charge in [0.05, 0.1) is 6.07 Å². The summed E-state index contributed by atoms with van der Waals surface area (Å²) in [5.74, 6) is 2.31. The van der Waals surface area contributed by atoms with Gasteiger partial charge < -0.3 is 0 Å². The van der Waals surface area contributed by atoms with E-state index in [4.69, 9.17) is 11.7 Å². The lowest BCUT2D eigenvalue weighted by Gasteiger charge is -2.10. The van der Waals surface area contributed by atoms with Crippen molar-refractivity contribution in [1.29, 1.82) is 5.26 Å².